The first kappa shape index (κ1) is 16.8. The van der Waals surface area contributed by atoms with E-state index < -0.39 is 0 Å². The number of amides is 2. The van der Waals surface area contributed by atoms with Crippen LogP contribution < -0.4 is 5.32 Å². The summed E-state index contributed by atoms with van der Waals surface area (Å²) in [5, 5.41) is 2.87. The molecule has 0 aliphatic carbocycles. The summed E-state index contributed by atoms with van der Waals surface area (Å²) >= 11 is 3.46. The summed E-state index contributed by atoms with van der Waals surface area (Å²) in [6.07, 6.45) is 2.04. The molecular formula is C20H17BrFN3O. The topological polar surface area (TPSA) is 37.3 Å². The third-order valence-corrected chi connectivity index (χ3v) is 5.11. The van der Waals surface area contributed by atoms with Gasteiger partial charge in [-0.1, -0.05) is 28.1 Å². The fourth-order valence-corrected chi connectivity index (χ4v) is 3.59. The van der Waals surface area contributed by atoms with Gasteiger partial charge in [-0.3, -0.25) is 0 Å². The minimum absolute atomic E-state index is 0.174. The molecule has 1 aromatic heterocycles. The first-order valence-corrected chi connectivity index (χ1v) is 9.15. The van der Waals surface area contributed by atoms with Gasteiger partial charge >= 0.3 is 6.03 Å². The Kier molecular flexibility index (Phi) is 4.51. The number of urea groups is 1. The monoisotopic (exact) mass is 413 g/mol. The van der Waals surface area contributed by atoms with Crippen LogP contribution in [0.5, 0.6) is 0 Å². The maximum atomic E-state index is 13.1. The standard InChI is InChI=1S/C20H17BrFN3O/c21-15-5-3-14(4-6-15)19-18-2-1-11-24(18)12-13-25(19)20(26)23-17-9-7-16(22)8-10-17/h1-11,19H,12-13H2,(H,23,26)/t19-/m1/s1. The number of nitrogens with one attached hydrogen (secondary N) is 1. The highest BCUT2D eigenvalue weighted by molar-refractivity contribution is 9.10. The van der Waals surface area contributed by atoms with E-state index in [1.165, 1.54) is 12.1 Å². The van der Waals surface area contributed by atoms with Crippen molar-refractivity contribution in [2.75, 3.05) is 11.9 Å². The molecule has 1 aliphatic rings. The van der Waals surface area contributed by atoms with E-state index in [0.29, 0.717) is 12.2 Å². The minimum Gasteiger partial charge on any atom is -0.348 e. The summed E-state index contributed by atoms with van der Waals surface area (Å²) in [5.41, 5.74) is 2.70. The van der Waals surface area contributed by atoms with Crippen molar-refractivity contribution in [3.63, 3.8) is 0 Å². The molecule has 2 heterocycles. The average molecular weight is 414 g/mol. The Balaban J connectivity index is 1.66. The zero-order valence-electron chi connectivity index (χ0n) is 13.9. The highest BCUT2D eigenvalue weighted by Crippen LogP contribution is 2.33. The minimum atomic E-state index is -0.327. The van der Waals surface area contributed by atoms with E-state index in [2.05, 4.69) is 25.8 Å². The van der Waals surface area contributed by atoms with Crippen LogP contribution in [-0.2, 0) is 6.54 Å². The summed E-state index contributed by atoms with van der Waals surface area (Å²) < 4.78 is 16.3. The second-order valence-corrected chi connectivity index (χ2v) is 7.13. The zero-order valence-corrected chi connectivity index (χ0v) is 15.5. The highest BCUT2D eigenvalue weighted by atomic mass is 79.9. The van der Waals surface area contributed by atoms with Crippen LogP contribution in [0, 0.1) is 5.82 Å². The quantitative estimate of drug-likeness (QED) is 0.628. The number of rotatable bonds is 2. The molecule has 0 radical (unpaired) electrons. The summed E-state index contributed by atoms with van der Waals surface area (Å²) in [6.45, 7) is 1.33. The first-order valence-electron chi connectivity index (χ1n) is 8.35. The van der Waals surface area contributed by atoms with Crippen LogP contribution in [0.2, 0.25) is 0 Å². The molecule has 1 N–H and O–H groups in total. The SMILES string of the molecule is O=C(Nc1ccc(F)cc1)N1CCn2cccc2[C@H]1c1ccc(Br)cc1. The number of carbonyl (C=O) groups is 1. The summed E-state index contributed by atoms with van der Waals surface area (Å²) in [7, 11) is 0. The van der Waals surface area contributed by atoms with Gasteiger partial charge in [0, 0.05) is 35.1 Å². The van der Waals surface area contributed by atoms with Gasteiger partial charge in [-0.25, -0.2) is 9.18 Å². The Morgan fingerprint density at radius 1 is 1.04 bits per heavy atom. The second-order valence-electron chi connectivity index (χ2n) is 6.21. The number of hydrogen-bond acceptors (Lipinski definition) is 1. The van der Waals surface area contributed by atoms with E-state index in [1.807, 2.05) is 47.5 Å². The van der Waals surface area contributed by atoms with E-state index >= 15 is 0 Å². The molecule has 26 heavy (non-hydrogen) atoms. The number of anilines is 1. The van der Waals surface area contributed by atoms with Crippen molar-refractivity contribution in [2.45, 2.75) is 12.6 Å². The van der Waals surface area contributed by atoms with E-state index in [4.69, 9.17) is 0 Å². The molecule has 0 spiro atoms. The summed E-state index contributed by atoms with van der Waals surface area (Å²) in [6, 6.07) is 17.5. The lowest BCUT2D eigenvalue weighted by Gasteiger charge is -2.37. The fourth-order valence-electron chi connectivity index (χ4n) is 3.33. The number of benzene rings is 2. The van der Waals surface area contributed by atoms with Crippen molar-refractivity contribution in [3.8, 4) is 0 Å². The van der Waals surface area contributed by atoms with E-state index in [9.17, 15) is 9.18 Å². The van der Waals surface area contributed by atoms with Gasteiger partial charge in [-0.2, -0.15) is 0 Å². The highest BCUT2D eigenvalue weighted by Gasteiger charge is 2.32. The lowest BCUT2D eigenvalue weighted by molar-refractivity contribution is 0.182. The molecule has 0 unspecified atom stereocenters. The van der Waals surface area contributed by atoms with Gasteiger partial charge in [0.25, 0.3) is 0 Å². The second kappa shape index (κ2) is 6.96. The summed E-state index contributed by atoms with van der Waals surface area (Å²) in [5.74, 6) is -0.327. The molecule has 0 bridgehead atoms. The average Bonchev–Trinajstić information content (AvgIpc) is 3.12. The first-order chi connectivity index (χ1) is 12.6. The number of nitrogens with zero attached hydrogens (tertiary/aromatic N) is 2. The predicted octanol–water partition coefficient (Wildman–Crippen LogP) is 5.03. The molecule has 6 heteroatoms. The molecule has 4 rings (SSSR count). The number of carbonyl (C=O) groups excluding carboxylic acids is 1. The largest absolute Gasteiger partial charge is 0.348 e. The molecule has 0 fully saturated rings. The van der Waals surface area contributed by atoms with Crippen LogP contribution in [-0.4, -0.2) is 22.0 Å². The maximum absolute atomic E-state index is 13.1. The number of aromatic nitrogens is 1. The van der Waals surface area contributed by atoms with Crippen molar-refractivity contribution in [2.24, 2.45) is 0 Å². The fraction of sp³-hybridized carbons (Fsp3) is 0.150. The van der Waals surface area contributed by atoms with Gasteiger partial charge in [0.15, 0.2) is 0 Å². The van der Waals surface area contributed by atoms with Crippen LogP contribution in [0.1, 0.15) is 17.3 Å². The smallest absolute Gasteiger partial charge is 0.322 e. The number of halogens is 2. The Hall–Kier alpha value is -2.60. The van der Waals surface area contributed by atoms with Gasteiger partial charge in [0.2, 0.25) is 0 Å². The van der Waals surface area contributed by atoms with E-state index in [-0.39, 0.29) is 17.9 Å². The normalized spacial score (nSPS) is 16.2. The third kappa shape index (κ3) is 3.24. The van der Waals surface area contributed by atoms with Gasteiger partial charge in [-0.05, 0) is 54.1 Å². The molecule has 1 aliphatic heterocycles. The molecule has 132 valence electrons. The maximum Gasteiger partial charge on any atom is 0.322 e. The van der Waals surface area contributed by atoms with Crippen molar-refractivity contribution < 1.29 is 9.18 Å². The number of fused-ring (bicyclic) bond motifs is 1. The predicted molar refractivity (Wildman–Crippen MR) is 103 cm³/mol. The number of hydrogen-bond donors (Lipinski definition) is 1. The van der Waals surface area contributed by atoms with Crippen LogP contribution in [0.4, 0.5) is 14.9 Å². The van der Waals surface area contributed by atoms with Crippen molar-refractivity contribution >= 4 is 27.6 Å². The molecular weight excluding hydrogens is 397 g/mol. The summed E-state index contributed by atoms with van der Waals surface area (Å²) in [4.78, 5) is 14.8. The zero-order chi connectivity index (χ0) is 18.1. The molecule has 0 saturated heterocycles. The van der Waals surface area contributed by atoms with Gasteiger partial charge in [0.1, 0.15) is 5.82 Å². The molecule has 2 amide bonds. The molecule has 3 aromatic rings. The van der Waals surface area contributed by atoms with Crippen LogP contribution in [0.15, 0.2) is 71.3 Å². The molecule has 4 nitrogen and oxygen atoms in total. The van der Waals surface area contributed by atoms with Crippen molar-refractivity contribution in [1.82, 2.24) is 9.47 Å². The van der Waals surface area contributed by atoms with Crippen LogP contribution in [0.3, 0.4) is 0 Å². The van der Waals surface area contributed by atoms with E-state index in [0.717, 1.165) is 22.3 Å². The van der Waals surface area contributed by atoms with Gasteiger partial charge in [0.05, 0.1) is 6.04 Å². The van der Waals surface area contributed by atoms with Crippen molar-refractivity contribution in [3.05, 3.63) is 88.4 Å². The Bertz CT molecular complexity index is 921. The Morgan fingerprint density at radius 3 is 2.50 bits per heavy atom. The molecule has 0 saturated carbocycles. The van der Waals surface area contributed by atoms with Gasteiger partial charge < -0.3 is 14.8 Å². The lowest BCUT2D eigenvalue weighted by Crippen LogP contribution is -2.44. The van der Waals surface area contributed by atoms with Crippen LogP contribution in [0.25, 0.3) is 0 Å². The van der Waals surface area contributed by atoms with Gasteiger partial charge in [-0.15, -0.1) is 0 Å². The van der Waals surface area contributed by atoms with Crippen molar-refractivity contribution in [1.29, 1.82) is 0 Å². The molecule has 2 aromatic carbocycles. The Labute approximate surface area is 159 Å². The Morgan fingerprint density at radius 2 is 1.77 bits per heavy atom. The van der Waals surface area contributed by atoms with E-state index in [1.54, 1.807) is 12.1 Å². The molecule has 1 atom stereocenters. The third-order valence-electron chi connectivity index (χ3n) is 4.58. The van der Waals surface area contributed by atoms with Crippen LogP contribution >= 0.6 is 15.9 Å². The lowest BCUT2D eigenvalue weighted by atomic mass is 10.0.